The number of anilines is 1. The summed E-state index contributed by atoms with van der Waals surface area (Å²) in [5.74, 6) is 0.137. The second-order valence-electron chi connectivity index (χ2n) is 4.40. The fourth-order valence-electron chi connectivity index (χ4n) is 1.76. The first kappa shape index (κ1) is 15.9. The van der Waals surface area contributed by atoms with Crippen molar-refractivity contribution in [2.24, 2.45) is 0 Å². The lowest BCUT2D eigenvalue weighted by Crippen LogP contribution is -2.21. The molecule has 0 amide bonds. The third-order valence-electron chi connectivity index (χ3n) is 2.97. The molecule has 6 heteroatoms. The Morgan fingerprint density at radius 3 is 2.50 bits per heavy atom. The monoisotopic (exact) mass is 280 g/mol. The van der Waals surface area contributed by atoms with Gasteiger partial charge in [0.1, 0.15) is 5.82 Å². The molecule has 0 aliphatic heterocycles. The molecule has 0 N–H and O–H groups in total. The number of aromatic nitrogens is 1. The van der Waals surface area contributed by atoms with E-state index < -0.39 is 5.97 Å². The summed E-state index contributed by atoms with van der Waals surface area (Å²) < 4.78 is 9.26. The van der Waals surface area contributed by atoms with Crippen molar-refractivity contribution in [2.45, 2.75) is 19.8 Å². The van der Waals surface area contributed by atoms with Crippen molar-refractivity contribution in [2.75, 3.05) is 32.7 Å². The van der Waals surface area contributed by atoms with Crippen LogP contribution < -0.4 is 4.90 Å². The maximum absolute atomic E-state index is 11.5. The van der Waals surface area contributed by atoms with Crippen LogP contribution in [0.3, 0.4) is 0 Å². The van der Waals surface area contributed by atoms with Crippen LogP contribution in [-0.4, -0.2) is 44.7 Å². The van der Waals surface area contributed by atoms with Crippen LogP contribution in [0.5, 0.6) is 0 Å². The van der Waals surface area contributed by atoms with Gasteiger partial charge in [-0.2, -0.15) is 0 Å². The molecule has 0 bridgehead atoms. The average molecular weight is 280 g/mol. The average Bonchev–Trinajstić information content (AvgIpc) is 2.45. The first-order valence-electron chi connectivity index (χ1n) is 6.33. The lowest BCUT2D eigenvalue weighted by molar-refractivity contribution is -0.140. The minimum Gasteiger partial charge on any atom is -0.469 e. The Labute approximate surface area is 118 Å². The van der Waals surface area contributed by atoms with Crippen molar-refractivity contribution in [1.82, 2.24) is 4.98 Å². The van der Waals surface area contributed by atoms with Gasteiger partial charge in [0.15, 0.2) is 0 Å². The van der Waals surface area contributed by atoms with Gasteiger partial charge in [-0.25, -0.2) is 9.78 Å². The quantitative estimate of drug-likeness (QED) is 0.737. The SMILES string of the molecule is COC(=O)CCCN(C)c1ccc(C(=O)OC)c(C)n1. The number of carbonyl (C=O) groups excluding carboxylic acids is 2. The Morgan fingerprint density at radius 1 is 1.25 bits per heavy atom. The highest BCUT2D eigenvalue weighted by molar-refractivity contribution is 5.90. The first-order valence-corrected chi connectivity index (χ1v) is 6.33. The summed E-state index contributed by atoms with van der Waals surface area (Å²) >= 11 is 0. The van der Waals surface area contributed by atoms with Crippen molar-refractivity contribution in [3.63, 3.8) is 0 Å². The lowest BCUT2D eigenvalue weighted by atomic mass is 10.2. The molecular formula is C14H20N2O4. The lowest BCUT2D eigenvalue weighted by Gasteiger charge is -2.18. The van der Waals surface area contributed by atoms with Gasteiger partial charge < -0.3 is 14.4 Å². The number of carbonyl (C=O) groups is 2. The molecule has 0 unspecified atom stereocenters. The van der Waals surface area contributed by atoms with Crippen LogP contribution in [0.2, 0.25) is 0 Å². The summed E-state index contributed by atoms with van der Waals surface area (Å²) in [6, 6.07) is 3.46. The Hall–Kier alpha value is -2.11. The number of esters is 2. The van der Waals surface area contributed by atoms with E-state index in [9.17, 15) is 9.59 Å². The fourth-order valence-corrected chi connectivity index (χ4v) is 1.76. The van der Waals surface area contributed by atoms with E-state index in [1.165, 1.54) is 14.2 Å². The molecule has 1 aromatic heterocycles. The van der Waals surface area contributed by atoms with Gasteiger partial charge in [-0.1, -0.05) is 0 Å². The summed E-state index contributed by atoms with van der Waals surface area (Å²) in [4.78, 5) is 28.8. The maximum Gasteiger partial charge on any atom is 0.339 e. The third-order valence-corrected chi connectivity index (χ3v) is 2.97. The summed E-state index contributed by atoms with van der Waals surface area (Å²) in [5, 5.41) is 0. The molecule has 1 heterocycles. The highest BCUT2D eigenvalue weighted by Crippen LogP contribution is 2.15. The molecule has 0 aliphatic carbocycles. The Morgan fingerprint density at radius 2 is 1.95 bits per heavy atom. The van der Waals surface area contributed by atoms with Crippen molar-refractivity contribution >= 4 is 17.8 Å². The fraction of sp³-hybridized carbons (Fsp3) is 0.500. The second-order valence-corrected chi connectivity index (χ2v) is 4.40. The molecule has 20 heavy (non-hydrogen) atoms. The zero-order valence-electron chi connectivity index (χ0n) is 12.3. The number of aryl methyl sites for hydroxylation is 1. The number of hydrogen-bond acceptors (Lipinski definition) is 6. The number of hydrogen-bond donors (Lipinski definition) is 0. The molecule has 0 spiro atoms. The Balaban J connectivity index is 2.65. The van der Waals surface area contributed by atoms with Crippen molar-refractivity contribution in [1.29, 1.82) is 0 Å². The van der Waals surface area contributed by atoms with Gasteiger partial charge >= 0.3 is 11.9 Å². The van der Waals surface area contributed by atoms with Crippen molar-refractivity contribution in [3.8, 4) is 0 Å². The maximum atomic E-state index is 11.5. The van der Waals surface area contributed by atoms with Gasteiger partial charge in [0.25, 0.3) is 0 Å². The highest BCUT2D eigenvalue weighted by atomic mass is 16.5. The highest BCUT2D eigenvalue weighted by Gasteiger charge is 2.12. The van der Waals surface area contributed by atoms with Crippen molar-refractivity contribution in [3.05, 3.63) is 23.4 Å². The number of rotatable bonds is 6. The zero-order chi connectivity index (χ0) is 15.1. The molecule has 0 saturated carbocycles. The first-order chi connectivity index (χ1) is 9.49. The topological polar surface area (TPSA) is 68.7 Å². The van der Waals surface area contributed by atoms with Gasteiger partial charge in [-0.05, 0) is 25.5 Å². The number of methoxy groups -OCH3 is 2. The van der Waals surface area contributed by atoms with Crippen molar-refractivity contribution < 1.29 is 19.1 Å². The predicted octanol–water partition coefficient (Wildman–Crippen LogP) is 1.57. The molecule has 110 valence electrons. The minimum atomic E-state index is -0.394. The Bertz CT molecular complexity index is 488. The summed E-state index contributed by atoms with van der Waals surface area (Å²) in [6.45, 7) is 2.44. The normalized spacial score (nSPS) is 10.0. The summed E-state index contributed by atoms with van der Waals surface area (Å²) in [7, 11) is 4.61. The van der Waals surface area contributed by atoms with Crippen LogP contribution >= 0.6 is 0 Å². The van der Waals surface area contributed by atoms with E-state index in [1.54, 1.807) is 19.1 Å². The molecular weight excluding hydrogens is 260 g/mol. The predicted molar refractivity (Wildman–Crippen MR) is 74.8 cm³/mol. The Kier molecular flexibility index (Phi) is 5.96. The molecule has 0 fully saturated rings. The third kappa shape index (κ3) is 4.22. The van der Waals surface area contributed by atoms with E-state index in [0.717, 1.165) is 5.82 Å². The number of nitrogens with zero attached hydrogens (tertiary/aromatic N) is 2. The van der Waals surface area contributed by atoms with E-state index in [0.29, 0.717) is 30.6 Å². The van der Waals surface area contributed by atoms with E-state index in [2.05, 4.69) is 14.5 Å². The van der Waals surface area contributed by atoms with E-state index in [4.69, 9.17) is 0 Å². The van der Waals surface area contributed by atoms with E-state index >= 15 is 0 Å². The molecule has 0 aromatic carbocycles. The molecule has 0 aliphatic rings. The molecule has 0 radical (unpaired) electrons. The molecule has 1 aromatic rings. The van der Waals surface area contributed by atoms with E-state index in [-0.39, 0.29) is 5.97 Å². The number of pyridine rings is 1. The summed E-state index contributed by atoms with van der Waals surface area (Å²) in [5.41, 5.74) is 1.08. The summed E-state index contributed by atoms with van der Waals surface area (Å²) in [6.07, 6.45) is 1.06. The van der Waals surface area contributed by atoms with E-state index in [1.807, 2.05) is 11.9 Å². The smallest absolute Gasteiger partial charge is 0.339 e. The van der Waals surface area contributed by atoms with Gasteiger partial charge in [-0.15, -0.1) is 0 Å². The van der Waals surface area contributed by atoms with Gasteiger partial charge in [-0.3, -0.25) is 4.79 Å². The van der Waals surface area contributed by atoms with Crippen LogP contribution in [-0.2, 0) is 14.3 Å². The van der Waals surface area contributed by atoms with Crippen LogP contribution in [0.15, 0.2) is 12.1 Å². The van der Waals surface area contributed by atoms with Crippen LogP contribution in [0.25, 0.3) is 0 Å². The minimum absolute atomic E-state index is 0.219. The van der Waals surface area contributed by atoms with Gasteiger partial charge in [0.2, 0.25) is 0 Å². The van der Waals surface area contributed by atoms with Crippen LogP contribution in [0.1, 0.15) is 28.9 Å². The standard InChI is InChI=1S/C14H20N2O4/c1-10-11(14(18)20-4)7-8-12(15-10)16(2)9-5-6-13(17)19-3/h7-8H,5-6,9H2,1-4H3. The largest absolute Gasteiger partial charge is 0.469 e. The number of ether oxygens (including phenoxy) is 2. The van der Waals surface area contributed by atoms with Gasteiger partial charge in [0.05, 0.1) is 25.5 Å². The molecule has 6 nitrogen and oxygen atoms in total. The van der Waals surface area contributed by atoms with Gasteiger partial charge in [0, 0.05) is 20.0 Å². The second kappa shape index (κ2) is 7.47. The zero-order valence-corrected chi connectivity index (χ0v) is 12.3. The van der Waals surface area contributed by atoms with Crippen LogP contribution in [0.4, 0.5) is 5.82 Å². The molecule has 1 rings (SSSR count). The molecule has 0 atom stereocenters. The molecule has 0 saturated heterocycles. The van der Waals surface area contributed by atoms with Crippen LogP contribution in [0, 0.1) is 6.92 Å².